The maximum Gasteiger partial charge on any atom is 0.0226 e. The molecule has 0 aromatic heterocycles. The van der Waals surface area contributed by atoms with Crippen LogP contribution in [0.2, 0.25) is 0 Å². The van der Waals surface area contributed by atoms with Crippen LogP contribution >= 0.6 is 0 Å². The first-order valence-electron chi connectivity index (χ1n) is 8.36. The van der Waals surface area contributed by atoms with Crippen molar-refractivity contribution in [2.75, 3.05) is 19.6 Å². The Hall–Kier alpha value is -0.0800. The third-order valence-electron chi connectivity index (χ3n) is 5.68. The Balaban J connectivity index is 1.57. The Kier molecular flexibility index (Phi) is 4.25. The van der Waals surface area contributed by atoms with Crippen LogP contribution in [0.3, 0.4) is 0 Å². The van der Waals surface area contributed by atoms with Gasteiger partial charge < -0.3 is 5.32 Å². The van der Waals surface area contributed by atoms with E-state index in [1.165, 1.54) is 71.0 Å². The van der Waals surface area contributed by atoms with Gasteiger partial charge in [0.05, 0.1) is 0 Å². The molecule has 0 aromatic carbocycles. The van der Waals surface area contributed by atoms with Crippen LogP contribution in [-0.2, 0) is 0 Å². The Labute approximate surface area is 113 Å². The molecule has 2 aliphatic heterocycles. The van der Waals surface area contributed by atoms with E-state index >= 15 is 0 Å². The highest BCUT2D eigenvalue weighted by molar-refractivity contribution is 4.96. The van der Waals surface area contributed by atoms with Crippen LogP contribution in [0.5, 0.6) is 0 Å². The first-order valence-corrected chi connectivity index (χ1v) is 8.36. The quantitative estimate of drug-likeness (QED) is 0.825. The highest BCUT2D eigenvalue weighted by Crippen LogP contribution is 2.38. The second-order valence-electron chi connectivity index (χ2n) is 6.80. The lowest BCUT2D eigenvalue weighted by Gasteiger charge is -2.38. The number of nitrogens with zero attached hydrogens (tertiary/aromatic N) is 1. The molecular formula is C16H30N2. The van der Waals surface area contributed by atoms with Crippen LogP contribution in [0, 0.1) is 11.8 Å². The standard InChI is InChI=1S/C16H30N2/c1-2-6-14-8-3-4-10-18(14)12-16-15-9-5-7-13(15)11-17-16/h13-17H,2-12H2,1H3. The molecule has 1 aliphatic carbocycles. The van der Waals surface area contributed by atoms with E-state index in [0.717, 1.165) is 23.9 Å². The fourth-order valence-corrected chi connectivity index (χ4v) is 4.72. The van der Waals surface area contributed by atoms with Crippen LogP contribution in [0.4, 0.5) is 0 Å². The number of hydrogen-bond acceptors (Lipinski definition) is 2. The molecule has 2 heterocycles. The first kappa shape index (κ1) is 12.9. The molecule has 3 rings (SSSR count). The topological polar surface area (TPSA) is 15.3 Å². The molecule has 2 saturated heterocycles. The van der Waals surface area contributed by atoms with Crippen molar-refractivity contribution < 1.29 is 0 Å². The van der Waals surface area contributed by atoms with E-state index in [1.807, 2.05) is 0 Å². The summed E-state index contributed by atoms with van der Waals surface area (Å²) in [6, 6.07) is 1.71. The zero-order chi connectivity index (χ0) is 12.4. The average molecular weight is 250 g/mol. The summed E-state index contributed by atoms with van der Waals surface area (Å²) < 4.78 is 0. The van der Waals surface area contributed by atoms with E-state index in [4.69, 9.17) is 0 Å². The van der Waals surface area contributed by atoms with E-state index in [1.54, 1.807) is 0 Å². The molecule has 4 atom stereocenters. The SMILES string of the molecule is CCCC1CCCCN1CC1NCC2CCCC21. The number of likely N-dealkylation sites (tertiary alicyclic amines) is 1. The summed E-state index contributed by atoms with van der Waals surface area (Å²) in [4.78, 5) is 2.82. The molecule has 0 aromatic rings. The van der Waals surface area contributed by atoms with Crippen LogP contribution in [-0.4, -0.2) is 36.6 Å². The number of hydrogen-bond donors (Lipinski definition) is 1. The fourth-order valence-electron chi connectivity index (χ4n) is 4.72. The van der Waals surface area contributed by atoms with E-state index in [2.05, 4.69) is 17.1 Å². The van der Waals surface area contributed by atoms with Crippen LogP contribution in [0.25, 0.3) is 0 Å². The monoisotopic (exact) mass is 250 g/mol. The van der Waals surface area contributed by atoms with Gasteiger partial charge >= 0.3 is 0 Å². The lowest BCUT2D eigenvalue weighted by atomic mass is 9.92. The molecular weight excluding hydrogens is 220 g/mol. The summed E-state index contributed by atoms with van der Waals surface area (Å²) in [6.07, 6.45) is 11.6. The van der Waals surface area contributed by atoms with Gasteiger partial charge in [-0.05, 0) is 57.0 Å². The summed E-state index contributed by atoms with van der Waals surface area (Å²) in [5.41, 5.74) is 0. The predicted octanol–water partition coefficient (Wildman–Crippen LogP) is 3.03. The van der Waals surface area contributed by atoms with E-state index in [0.29, 0.717) is 0 Å². The minimum Gasteiger partial charge on any atom is -0.312 e. The maximum absolute atomic E-state index is 3.83. The molecule has 3 aliphatic rings. The van der Waals surface area contributed by atoms with E-state index in [9.17, 15) is 0 Å². The van der Waals surface area contributed by atoms with Crippen molar-refractivity contribution in [1.29, 1.82) is 0 Å². The van der Waals surface area contributed by atoms with Crippen LogP contribution in [0.1, 0.15) is 58.3 Å². The molecule has 4 unspecified atom stereocenters. The van der Waals surface area contributed by atoms with Crippen molar-refractivity contribution in [2.24, 2.45) is 11.8 Å². The molecule has 0 spiro atoms. The minimum atomic E-state index is 0.815. The summed E-state index contributed by atoms with van der Waals surface area (Å²) in [5.74, 6) is 2.03. The van der Waals surface area contributed by atoms with Crippen molar-refractivity contribution >= 4 is 0 Å². The second-order valence-corrected chi connectivity index (χ2v) is 6.80. The molecule has 1 saturated carbocycles. The Morgan fingerprint density at radius 1 is 1.11 bits per heavy atom. The Morgan fingerprint density at radius 2 is 2.06 bits per heavy atom. The van der Waals surface area contributed by atoms with Gasteiger partial charge in [-0.1, -0.05) is 26.2 Å². The molecule has 0 amide bonds. The zero-order valence-electron chi connectivity index (χ0n) is 12.0. The third kappa shape index (κ3) is 2.60. The lowest BCUT2D eigenvalue weighted by molar-refractivity contribution is 0.119. The minimum absolute atomic E-state index is 0.815. The fraction of sp³-hybridized carbons (Fsp3) is 1.00. The number of fused-ring (bicyclic) bond motifs is 1. The molecule has 2 heteroatoms. The number of piperidine rings is 1. The van der Waals surface area contributed by atoms with Gasteiger partial charge in [0.25, 0.3) is 0 Å². The van der Waals surface area contributed by atoms with Gasteiger partial charge in [-0.3, -0.25) is 4.90 Å². The average Bonchev–Trinajstić information content (AvgIpc) is 2.97. The van der Waals surface area contributed by atoms with Crippen molar-refractivity contribution in [1.82, 2.24) is 10.2 Å². The van der Waals surface area contributed by atoms with Gasteiger partial charge in [0.2, 0.25) is 0 Å². The van der Waals surface area contributed by atoms with Gasteiger partial charge in [0, 0.05) is 18.6 Å². The van der Waals surface area contributed by atoms with Gasteiger partial charge in [-0.15, -0.1) is 0 Å². The highest BCUT2D eigenvalue weighted by Gasteiger charge is 2.40. The second kappa shape index (κ2) is 5.92. The molecule has 1 N–H and O–H groups in total. The smallest absolute Gasteiger partial charge is 0.0226 e. The van der Waals surface area contributed by atoms with Crippen LogP contribution < -0.4 is 5.32 Å². The normalized spacial score (nSPS) is 41.2. The molecule has 3 fully saturated rings. The summed E-state index contributed by atoms with van der Waals surface area (Å²) in [6.45, 7) is 6.35. The molecule has 18 heavy (non-hydrogen) atoms. The number of nitrogens with one attached hydrogen (secondary N) is 1. The summed E-state index contributed by atoms with van der Waals surface area (Å²) >= 11 is 0. The summed E-state index contributed by atoms with van der Waals surface area (Å²) in [7, 11) is 0. The van der Waals surface area contributed by atoms with Crippen molar-refractivity contribution in [2.45, 2.75) is 70.4 Å². The van der Waals surface area contributed by atoms with Gasteiger partial charge in [-0.2, -0.15) is 0 Å². The Morgan fingerprint density at radius 3 is 2.94 bits per heavy atom. The van der Waals surface area contributed by atoms with Crippen molar-refractivity contribution in [3.05, 3.63) is 0 Å². The zero-order valence-corrected chi connectivity index (χ0v) is 12.0. The third-order valence-corrected chi connectivity index (χ3v) is 5.68. The van der Waals surface area contributed by atoms with Gasteiger partial charge in [0.15, 0.2) is 0 Å². The van der Waals surface area contributed by atoms with E-state index < -0.39 is 0 Å². The first-order chi connectivity index (χ1) is 8.88. The number of rotatable bonds is 4. The Bertz CT molecular complexity index is 264. The maximum atomic E-state index is 3.83. The van der Waals surface area contributed by atoms with Crippen molar-refractivity contribution in [3.8, 4) is 0 Å². The highest BCUT2D eigenvalue weighted by atomic mass is 15.2. The van der Waals surface area contributed by atoms with Gasteiger partial charge in [0.1, 0.15) is 0 Å². The van der Waals surface area contributed by atoms with Crippen molar-refractivity contribution in [3.63, 3.8) is 0 Å². The molecule has 2 nitrogen and oxygen atoms in total. The predicted molar refractivity (Wildman–Crippen MR) is 76.7 cm³/mol. The van der Waals surface area contributed by atoms with E-state index in [-0.39, 0.29) is 0 Å². The molecule has 0 bridgehead atoms. The largest absolute Gasteiger partial charge is 0.312 e. The lowest BCUT2D eigenvalue weighted by Crippen LogP contribution is -2.47. The van der Waals surface area contributed by atoms with Crippen LogP contribution in [0.15, 0.2) is 0 Å². The summed E-state index contributed by atoms with van der Waals surface area (Å²) in [5, 5.41) is 3.83. The molecule has 0 radical (unpaired) electrons. The molecule has 104 valence electrons. The van der Waals surface area contributed by atoms with Gasteiger partial charge in [-0.25, -0.2) is 0 Å².